The molecule has 1 aromatic heterocycles. The van der Waals surface area contributed by atoms with Crippen molar-refractivity contribution >= 4 is 72.8 Å². The van der Waals surface area contributed by atoms with E-state index in [1.165, 1.54) is 16.2 Å². The highest BCUT2D eigenvalue weighted by Crippen LogP contribution is 2.42. The number of carbonyl (C=O) groups excluding carboxylic acids is 2. The zero-order chi connectivity index (χ0) is 26.2. The topological polar surface area (TPSA) is 61.8 Å². The summed E-state index contributed by atoms with van der Waals surface area (Å²) >= 11 is 11.1. The van der Waals surface area contributed by atoms with Gasteiger partial charge in [0.2, 0.25) is 0 Å². The third-order valence-electron chi connectivity index (χ3n) is 6.83. The lowest BCUT2D eigenvalue weighted by atomic mass is 9.95. The van der Waals surface area contributed by atoms with Crippen LogP contribution in [0.2, 0.25) is 5.02 Å². The highest BCUT2D eigenvalue weighted by atomic mass is 79.9. The number of benzene rings is 3. The first-order chi connectivity index (χ1) is 18.5. The van der Waals surface area contributed by atoms with Gasteiger partial charge in [-0.2, -0.15) is 0 Å². The summed E-state index contributed by atoms with van der Waals surface area (Å²) in [6.45, 7) is 0.443. The van der Waals surface area contributed by atoms with Gasteiger partial charge in [-0.1, -0.05) is 57.9 Å². The van der Waals surface area contributed by atoms with Crippen LogP contribution in [0.25, 0.3) is 0 Å². The Balaban J connectivity index is 1.42. The molecular weight excluding hydrogens is 582 g/mol. The predicted molar refractivity (Wildman–Crippen MR) is 158 cm³/mol. The molecule has 0 saturated carbocycles. The molecule has 8 heteroatoms. The predicted octanol–water partition coefficient (Wildman–Crippen LogP) is 7.96. The fraction of sp³-hybridized carbons (Fsp3) is 0.167. The summed E-state index contributed by atoms with van der Waals surface area (Å²) in [5, 5.41) is 4.19. The van der Waals surface area contributed by atoms with E-state index in [9.17, 15) is 9.59 Å². The van der Waals surface area contributed by atoms with Crippen LogP contribution in [0.3, 0.4) is 0 Å². The normalized spacial score (nSPS) is 15.5. The highest BCUT2D eigenvalue weighted by molar-refractivity contribution is 9.10. The number of fused-ring (bicyclic) bond motifs is 2. The van der Waals surface area contributed by atoms with Crippen molar-refractivity contribution in [1.82, 2.24) is 0 Å². The van der Waals surface area contributed by atoms with Gasteiger partial charge in [-0.25, -0.2) is 4.99 Å². The van der Waals surface area contributed by atoms with E-state index >= 15 is 0 Å². The van der Waals surface area contributed by atoms with E-state index in [1.54, 1.807) is 29.2 Å². The lowest BCUT2D eigenvalue weighted by Crippen LogP contribution is -2.29. The van der Waals surface area contributed by atoms with E-state index in [4.69, 9.17) is 16.6 Å². The van der Waals surface area contributed by atoms with Crippen LogP contribution in [-0.4, -0.2) is 17.5 Å². The van der Waals surface area contributed by atoms with Gasteiger partial charge >= 0.3 is 0 Å². The van der Waals surface area contributed by atoms with Crippen LogP contribution in [0.4, 0.5) is 16.4 Å². The Kier molecular flexibility index (Phi) is 6.91. The molecule has 0 radical (unpaired) electrons. The SMILES string of the molecule is O=C(Nc1ccc(Cl)cc1)c1c(N=C2C(=O)N(Cc3ccccc3)c3ccc(Br)cc32)sc2c1CCCC2. The van der Waals surface area contributed by atoms with Crippen molar-refractivity contribution in [3.8, 4) is 0 Å². The smallest absolute Gasteiger partial charge is 0.277 e. The number of nitrogens with zero attached hydrogens (tertiary/aromatic N) is 2. The molecule has 0 unspecified atom stereocenters. The van der Waals surface area contributed by atoms with Crippen molar-refractivity contribution in [1.29, 1.82) is 0 Å². The second kappa shape index (κ2) is 10.5. The Labute approximate surface area is 238 Å². The van der Waals surface area contributed by atoms with Gasteiger partial charge in [0.1, 0.15) is 10.7 Å². The van der Waals surface area contributed by atoms with Gasteiger partial charge < -0.3 is 10.2 Å². The summed E-state index contributed by atoms with van der Waals surface area (Å²) < 4.78 is 0.865. The number of halogens is 2. The Hall–Kier alpha value is -3.26. The van der Waals surface area contributed by atoms with Crippen LogP contribution in [0, 0.1) is 0 Å². The summed E-state index contributed by atoms with van der Waals surface area (Å²) in [5.74, 6) is -0.385. The maximum absolute atomic E-state index is 13.8. The molecule has 1 aliphatic heterocycles. The third-order valence-corrected chi connectivity index (χ3v) is 8.76. The van der Waals surface area contributed by atoms with Crippen molar-refractivity contribution < 1.29 is 9.59 Å². The average Bonchev–Trinajstić information content (AvgIpc) is 3.41. The molecule has 5 nitrogen and oxygen atoms in total. The van der Waals surface area contributed by atoms with Gasteiger partial charge in [0.05, 0.1) is 17.8 Å². The minimum atomic E-state index is -0.216. The molecule has 0 spiro atoms. The maximum Gasteiger partial charge on any atom is 0.277 e. The molecule has 2 heterocycles. The van der Waals surface area contributed by atoms with Gasteiger partial charge in [-0.05, 0) is 79.3 Å². The number of rotatable bonds is 5. The van der Waals surface area contributed by atoms with Crippen molar-refractivity contribution in [3.63, 3.8) is 0 Å². The Morgan fingerprint density at radius 1 is 1.03 bits per heavy atom. The van der Waals surface area contributed by atoms with Crippen molar-refractivity contribution in [2.75, 3.05) is 10.2 Å². The molecule has 3 aromatic carbocycles. The molecule has 1 aliphatic carbocycles. The molecule has 2 aliphatic rings. The van der Waals surface area contributed by atoms with Crippen LogP contribution >= 0.6 is 38.9 Å². The molecular formula is C30H23BrClN3O2S. The Morgan fingerprint density at radius 2 is 1.79 bits per heavy atom. The van der Waals surface area contributed by atoms with Crippen LogP contribution in [-0.2, 0) is 24.2 Å². The van der Waals surface area contributed by atoms with E-state index < -0.39 is 0 Å². The lowest BCUT2D eigenvalue weighted by Gasteiger charge is -2.17. The second-order valence-corrected chi connectivity index (χ2v) is 11.8. The summed E-state index contributed by atoms with van der Waals surface area (Å²) in [7, 11) is 0. The molecule has 0 fully saturated rings. The van der Waals surface area contributed by atoms with Gasteiger partial charge in [0.25, 0.3) is 11.8 Å². The quantitative estimate of drug-likeness (QED) is 0.251. The van der Waals surface area contributed by atoms with E-state index in [0.717, 1.165) is 52.5 Å². The van der Waals surface area contributed by atoms with Crippen LogP contribution < -0.4 is 10.2 Å². The lowest BCUT2D eigenvalue weighted by molar-refractivity contribution is -0.112. The maximum atomic E-state index is 13.8. The van der Waals surface area contributed by atoms with Crippen molar-refractivity contribution in [3.05, 3.63) is 109 Å². The third kappa shape index (κ3) is 4.82. The summed E-state index contributed by atoms with van der Waals surface area (Å²) in [6.07, 6.45) is 3.86. The molecule has 4 aromatic rings. The molecule has 190 valence electrons. The van der Waals surface area contributed by atoms with Crippen LogP contribution in [0.1, 0.15) is 44.8 Å². The molecule has 6 rings (SSSR count). The van der Waals surface area contributed by atoms with Crippen molar-refractivity contribution in [2.45, 2.75) is 32.2 Å². The molecule has 0 bridgehead atoms. The number of hydrogen-bond donors (Lipinski definition) is 1. The van der Waals surface area contributed by atoms with Crippen molar-refractivity contribution in [2.24, 2.45) is 4.99 Å². The monoisotopic (exact) mass is 603 g/mol. The number of thiophene rings is 1. The zero-order valence-corrected chi connectivity index (χ0v) is 23.5. The minimum Gasteiger partial charge on any atom is -0.322 e. The first-order valence-corrected chi connectivity index (χ1v) is 14.4. The summed E-state index contributed by atoms with van der Waals surface area (Å²) in [6, 6.07) is 22.8. The fourth-order valence-corrected chi connectivity index (χ4v) is 6.76. The Morgan fingerprint density at radius 3 is 2.58 bits per heavy atom. The van der Waals surface area contributed by atoms with E-state index in [1.807, 2.05) is 48.5 Å². The van der Waals surface area contributed by atoms with Crippen LogP contribution in [0.5, 0.6) is 0 Å². The standard InChI is InChI=1S/C30H23BrClN3O2S/c31-19-10-15-24-23(16-19)27(30(37)35(24)17-18-6-2-1-3-7-18)34-29-26(22-8-4-5-9-25(22)38-29)28(36)33-21-13-11-20(32)12-14-21/h1-3,6-7,10-16H,4-5,8-9,17H2,(H,33,36). The van der Waals surface area contributed by atoms with Gasteiger partial charge in [0.15, 0.2) is 0 Å². The number of hydrogen-bond acceptors (Lipinski definition) is 4. The van der Waals surface area contributed by atoms with E-state index in [0.29, 0.717) is 33.5 Å². The number of carbonyl (C=O) groups is 2. The van der Waals surface area contributed by atoms with E-state index in [-0.39, 0.29) is 11.8 Å². The van der Waals surface area contributed by atoms with E-state index in [2.05, 4.69) is 21.2 Å². The summed E-state index contributed by atoms with van der Waals surface area (Å²) in [4.78, 5) is 35.3. The van der Waals surface area contributed by atoms with Gasteiger partial charge in [-0.3, -0.25) is 9.59 Å². The average molecular weight is 605 g/mol. The first kappa shape index (κ1) is 25.0. The second-order valence-electron chi connectivity index (χ2n) is 9.35. The number of aliphatic imine (C=N–C) groups is 1. The molecule has 0 saturated heterocycles. The molecule has 38 heavy (non-hydrogen) atoms. The highest BCUT2D eigenvalue weighted by Gasteiger charge is 2.35. The largest absolute Gasteiger partial charge is 0.322 e. The fourth-order valence-electron chi connectivity index (χ4n) is 5.01. The van der Waals surface area contributed by atoms with Gasteiger partial charge in [0, 0.05) is 25.6 Å². The van der Waals surface area contributed by atoms with Crippen LogP contribution in [0.15, 0.2) is 82.3 Å². The summed E-state index contributed by atoms with van der Waals surface area (Å²) in [5.41, 5.74) is 5.24. The molecule has 2 amide bonds. The Bertz CT molecular complexity index is 1580. The first-order valence-electron chi connectivity index (χ1n) is 12.4. The zero-order valence-electron chi connectivity index (χ0n) is 20.3. The van der Waals surface area contributed by atoms with Gasteiger partial charge in [-0.15, -0.1) is 11.3 Å². The number of amides is 2. The number of anilines is 2. The minimum absolute atomic E-state index is 0.169. The number of aryl methyl sites for hydroxylation is 1. The number of nitrogens with one attached hydrogen (secondary N) is 1. The molecule has 0 atom stereocenters. The molecule has 1 N–H and O–H groups in total.